The van der Waals surface area contributed by atoms with E-state index in [9.17, 15) is 13.2 Å². The summed E-state index contributed by atoms with van der Waals surface area (Å²) in [6.45, 7) is 4.84. The molecule has 1 heterocycles. The summed E-state index contributed by atoms with van der Waals surface area (Å²) in [6, 6.07) is 11.6. The number of hydrogen-bond acceptors (Lipinski definition) is 3. The van der Waals surface area contributed by atoms with Crippen molar-refractivity contribution in [3.8, 4) is 0 Å². The van der Waals surface area contributed by atoms with E-state index in [2.05, 4.69) is 12.2 Å². The minimum absolute atomic E-state index is 0.00595. The Bertz CT molecular complexity index is 1050. The first-order valence-corrected chi connectivity index (χ1v) is 12.4. The number of amides is 1. The number of fused-ring (bicyclic) bond motifs is 1. The topological polar surface area (TPSA) is 66.5 Å². The van der Waals surface area contributed by atoms with E-state index < -0.39 is 10.0 Å². The summed E-state index contributed by atoms with van der Waals surface area (Å²) in [7, 11) is -3.51. The van der Waals surface area contributed by atoms with E-state index >= 15 is 0 Å². The molecule has 5 nitrogen and oxygen atoms in total. The molecule has 1 saturated heterocycles. The molecule has 1 aliphatic heterocycles. The first kappa shape index (κ1) is 21.1. The van der Waals surface area contributed by atoms with Crippen molar-refractivity contribution in [2.45, 2.75) is 57.3 Å². The Hall–Kier alpha value is -2.18. The predicted molar refractivity (Wildman–Crippen MR) is 119 cm³/mol. The molecule has 0 saturated carbocycles. The highest BCUT2D eigenvalue weighted by Crippen LogP contribution is 2.29. The number of benzene rings is 2. The van der Waals surface area contributed by atoms with Gasteiger partial charge in [-0.15, -0.1) is 0 Å². The lowest BCUT2D eigenvalue weighted by Gasteiger charge is -2.31. The number of rotatable bonds is 5. The number of aryl methyl sites for hydroxylation is 4. The second-order valence-corrected chi connectivity index (χ2v) is 10.4. The molecule has 1 aliphatic carbocycles. The normalized spacial score (nSPS) is 17.7. The van der Waals surface area contributed by atoms with Crippen LogP contribution in [0.1, 0.15) is 48.4 Å². The maximum Gasteiger partial charge on any atom is 0.243 e. The third-order valence-electron chi connectivity index (χ3n) is 6.52. The summed E-state index contributed by atoms with van der Waals surface area (Å²) in [5, 5.41) is 3.11. The van der Waals surface area contributed by atoms with Crippen LogP contribution in [0, 0.1) is 12.8 Å². The molecular weight excluding hydrogens is 396 g/mol. The molecule has 0 spiro atoms. The fourth-order valence-corrected chi connectivity index (χ4v) is 6.16. The van der Waals surface area contributed by atoms with Crippen LogP contribution in [-0.4, -0.2) is 31.7 Å². The molecule has 160 valence electrons. The molecule has 2 aliphatic rings. The van der Waals surface area contributed by atoms with Gasteiger partial charge in [0, 0.05) is 24.7 Å². The van der Waals surface area contributed by atoms with E-state index in [0.29, 0.717) is 30.8 Å². The van der Waals surface area contributed by atoms with E-state index in [0.717, 1.165) is 48.1 Å². The fourth-order valence-electron chi connectivity index (χ4n) is 4.64. The van der Waals surface area contributed by atoms with Crippen LogP contribution in [0.5, 0.6) is 0 Å². The molecule has 1 fully saturated rings. The third kappa shape index (κ3) is 4.03. The Morgan fingerprint density at radius 2 is 1.83 bits per heavy atom. The summed E-state index contributed by atoms with van der Waals surface area (Å²) in [6.07, 6.45) is 5.04. The van der Waals surface area contributed by atoms with Gasteiger partial charge in [0.2, 0.25) is 15.9 Å². The molecule has 0 aromatic heterocycles. The van der Waals surface area contributed by atoms with Gasteiger partial charge in [-0.2, -0.15) is 4.31 Å². The van der Waals surface area contributed by atoms with Crippen molar-refractivity contribution < 1.29 is 13.2 Å². The van der Waals surface area contributed by atoms with Crippen LogP contribution >= 0.6 is 0 Å². The first-order valence-electron chi connectivity index (χ1n) is 10.9. The van der Waals surface area contributed by atoms with Gasteiger partial charge in [-0.05, 0) is 79.8 Å². The number of piperidine rings is 1. The average molecular weight is 427 g/mol. The quantitative estimate of drug-likeness (QED) is 0.783. The molecule has 2 aromatic carbocycles. The van der Waals surface area contributed by atoms with Crippen molar-refractivity contribution >= 4 is 21.6 Å². The number of para-hydroxylation sites is 1. The minimum Gasteiger partial charge on any atom is -0.325 e. The molecule has 2 aromatic rings. The summed E-state index contributed by atoms with van der Waals surface area (Å²) in [5.74, 6) is -0.172. The second kappa shape index (κ2) is 8.52. The number of hydrogen-bond donors (Lipinski definition) is 1. The zero-order valence-corrected chi connectivity index (χ0v) is 18.6. The van der Waals surface area contributed by atoms with Crippen molar-refractivity contribution in [3.05, 3.63) is 58.7 Å². The predicted octanol–water partition coefficient (Wildman–Crippen LogP) is 4.09. The molecule has 1 amide bonds. The van der Waals surface area contributed by atoms with Crippen LogP contribution in [-0.2, 0) is 34.1 Å². The van der Waals surface area contributed by atoms with Gasteiger partial charge in [-0.25, -0.2) is 8.42 Å². The Kier molecular flexibility index (Phi) is 5.98. The standard InChI is InChI=1S/C24H30N2O3S/c1-3-18-7-4-6-17(2)23(18)25-24(27)20-12-14-26(15-13-20)30(28,29)22-11-10-19-8-5-9-21(19)16-22/h4,6-7,10-11,16,20H,3,5,8-9,12-15H2,1-2H3,(H,25,27). The SMILES string of the molecule is CCc1cccc(C)c1NC(=O)C1CCN(S(=O)(=O)c2ccc3c(c2)CCC3)CC1. The molecule has 0 radical (unpaired) electrons. The lowest BCUT2D eigenvalue weighted by Crippen LogP contribution is -2.41. The average Bonchev–Trinajstić information content (AvgIpc) is 3.23. The van der Waals surface area contributed by atoms with Gasteiger partial charge in [0.15, 0.2) is 0 Å². The van der Waals surface area contributed by atoms with Crippen LogP contribution < -0.4 is 5.32 Å². The molecule has 1 N–H and O–H groups in total. The zero-order valence-electron chi connectivity index (χ0n) is 17.8. The van der Waals surface area contributed by atoms with Crippen LogP contribution in [0.3, 0.4) is 0 Å². The minimum atomic E-state index is -3.51. The number of nitrogens with zero attached hydrogens (tertiary/aromatic N) is 1. The molecule has 0 bridgehead atoms. The lowest BCUT2D eigenvalue weighted by molar-refractivity contribution is -0.120. The molecule has 30 heavy (non-hydrogen) atoms. The number of carbonyl (C=O) groups is 1. The van der Waals surface area contributed by atoms with Crippen molar-refractivity contribution in [1.29, 1.82) is 0 Å². The Labute approximate surface area is 179 Å². The third-order valence-corrected chi connectivity index (χ3v) is 8.42. The maximum absolute atomic E-state index is 13.1. The van der Waals surface area contributed by atoms with Crippen molar-refractivity contribution in [3.63, 3.8) is 0 Å². The smallest absolute Gasteiger partial charge is 0.243 e. The highest BCUT2D eigenvalue weighted by atomic mass is 32.2. The van der Waals surface area contributed by atoms with Crippen LogP contribution in [0.25, 0.3) is 0 Å². The molecule has 0 atom stereocenters. The van der Waals surface area contributed by atoms with Gasteiger partial charge in [0.05, 0.1) is 4.90 Å². The van der Waals surface area contributed by atoms with Crippen LogP contribution in [0.2, 0.25) is 0 Å². The summed E-state index contributed by atoms with van der Waals surface area (Å²) in [4.78, 5) is 13.3. The van der Waals surface area contributed by atoms with E-state index in [1.807, 2.05) is 37.3 Å². The number of carbonyl (C=O) groups excluding carboxylic acids is 1. The van der Waals surface area contributed by atoms with Gasteiger partial charge in [-0.3, -0.25) is 4.79 Å². The van der Waals surface area contributed by atoms with Gasteiger partial charge in [-0.1, -0.05) is 31.2 Å². The number of anilines is 1. The van der Waals surface area contributed by atoms with Crippen molar-refractivity contribution in [2.75, 3.05) is 18.4 Å². The number of nitrogens with one attached hydrogen (secondary N) is 1. The zero-order chi connectivity index (χ0) is 21.3. The molecule has 4 rings (SSSR count). The Morgan fingerprint density at radius 1 is 1.10 bits per heavy atom. The highest BCUT2D eigenvalue weighted by molar-refractivity contribution is 7.89. The monoisotopic (exact) mass is 426 g/mol. The van der Waals surface area contributed by atoms with E-state index in [4.69, 9.17) is 0 Å². The van der Waals surface area contributed by atoms with Crippen molar-refractivity contribution in [1.82, 2.24) is 4.31 Å². The van der Waals surface area contributed by atoms with Crippen molar-refractivity contribution in [2.24, 2.45) is 5.92 Å². The maximum atomic E-state index is 13.1. The van der Waals surface area contributed by atoms with Gasteiger partial charge in [0.25, 0.3) is 0 Å². The largest absolute Gasteiger partial charge is 0.325 e. The lowest BCUT2D eigenvalue weighted by atomic mass is 9.96. The first-order chi connectivity index (χ1) is 14.4. The second-order valence-electron chi connectivity index (χ2n) is 8.41. The Morgan fingerprint density at radius 3 is 2.57 bits per heavy atom. The fraction of sp³-hybridized carbons (Fsp3) is 0.458. The van der Waals surface area contributed by atoms with Gasteiger partial charge in [0.1, 0.15) is 0 Å². The molecule has 0 unspecified atom stereocenters. The molecular formula is C24H30N2O3S. The van der Waals surface area contributed by atoms with E-state index in [1.54, 1.807) is 10.4 Å². The van der Waals surface area contributed by atoms with Crippen LogP contribution in [0.4, 0.5) is 5.69 Å². The van der Waals surface area contributed by atoms with Gasteiger partial charge >= 0.3 is 0 Å². The number of sulfonamides is 1. The van der Waals surface area contributed by atoms with Crippen LogP contribution in [0.15, 0.2) is 41.3 Å². The van der Waals surface area contributed by atoms with E-state index in [1.165, 1.54) is 5.56 Å². The highest BCUT2D eigenvalue weighted by Gasteiger charge is 2.33. The summed E-state index contributed by atoms with van der Waals surface area (Å²) >= 11 is 0. The summed E-state index contributed by atoms with van der Waals surface area (Å²) < 4.78 is 27.8. The Balaban J connectivity index is 1.42. The van der Waals surface area contributed by atoms with Gasteiger partial charge < -0.3 is 5.32 Å². The molecule has 6 heteroatoms. The summed E-state index contributed by atoms with van der Waals surface area (Å²) in [5.41, 5.74) is 5.51. The van der Waals surface area contributed by atoms with E-state index in [-0.39, 0.29) is 11.8 Å².